The minimum atomic E-state index is -2.61. The number of benzene rings is 3. The van der Waals surface area contributed by atoms with Crippen LogP contribution >= 0.6 is 0 Å². The first-order valence-electron chi connectivity index (χ1n) is 16.9. The van der Waals surface area contributed by atoms with Crippen LogP contribution in [0.15, 0.2) is 36.4 Å². The van der Waals surface area contributed by atoms with Gasteiger partial charge in [-0.2, -0.15) is 9.97 Å². The number of fused-ring (bicyclic) bond motifs is 6. The van der Waals surface area contributed by atoms with Gasteiger partial charge in [0.05, 0.1) is 6.61 Å². The molecule has 252 valence electrons. The van der Waals surface area contributed by atoms with Gasteiger partial charge >= 0.3 is 6.01 Å². The third-order valence-corrected chi connectivity index (χ3v) is 11.4. The van der Waals surface area contributed by atoms with Gasteiger partial charge in [-0.25, -0.2) is 22.0 Å². The molecule has 9 rings (SSSR count). The highest BCUT2D eigenvalue weighted by molar-refractivity contribution is 6.01. The van der Waals surface area contributed by atoms with E-state index in [1.54, 1.807) is 6.07 Å². The third kappa shape index (κ3) is 5.14. The number of ether oxygens (including phenoxy) is 1. The zero-order valence-corrected chi connectivity index (χ0v) is 26.3. The Labute approximate surface area is 274 Å². The van der Waals surface area contributed by atoms with Gasteiger partial charge in [0.25, 0.3) is 5.92 Å². The molecule has 5 heterocycles. The summed E-state index contributed by atoms with van der Waals surface area (Å²) in [5.74, 6) is -5.26. The number of halogens is 5. The lowest BCUT2D eigenvalue weighted by Crippen LogP contribution is -2.51. The molecular weight excluding hydrogens is 629 g/mol. The van der Waals surface area contributed by atoms with E-state index in [0.717, 1.165) is 44.6 Å². The molecule has 0 amide bonds. The van der Waals surface area contributed by atoms with Crippen LogP contribution < -0.4 is 15.0 Å². The molecule has 4 saturated heterocycles. The van der Waals surface area contributed by atoms with Crippen molar-refractivity contribution >= 4 is 27.5 Å². The van der Waals surface area contributed by atoms with E-state index >= 15 is 8.78 Å². The number of alkyl halides is 2. The second-order valence-corrected chi connectivity index (χ2v) is 14.8. The van der Waals surface area contributed by atoms with Crippen molar-refractivity contribution in [2.75, 3.05) is 31.1 Å². The molecule has 0 radical (unpaired) electrons. The van der Waals surface area contributed by atoms with Crippen LogP contribution in [0.5, 0.6) is 11.8 Å². The minimum Gasteiger partial charge on any atom is -0.508 e. The predicted octanol–water partition coefficient (Wildman–Crippen LogP) is 6.93. The van der Waals surface area contributed by atoms with Crippen molar-refractivity contribution in [2.24, 2.45) is 5.41 Å². The van der Waals surface area contributed by atoms with Crippen LogP contribution in [0, 0.1) is 22.9 Å². The van der Waals surface area contributed by atoms with Gasteiger partial charge in [0.2, 0.25) is 0 Å². The first-order valence-corrected chi connectivity index (χ1v) is 16.9. The lowest BCUT2D eigenvalue weighted by Gasteiger charge is -2.40. The van der Waals surface area contributed by atoms with Gasteiger partial charge in [0.1, 0.15) is 17.1 Å². The molecule has 5 aliphatic rings. The summed E-state index contributed by atoms with van der Waals surface area (Å²) >= 11 is 0. The SMILES string of the molecule is Oc1cc(-c2ccc3c(N4CC5CCC(C4)N5)nc(OCC4(CN5C6CCC5CC(F)(F)C6)CC4)nc3c2F)c2c(F)c(F)ccc2c1. The first kappa shape index (κ1) is 30.3. The molecule has 48 heavy (non-hydrogen) atoms. The van der Waals surface area contributed by atoms with Crippen LogP contribution in [-0.2, 0) is 0 Å². The number of rotatable bonds is 7. The Kier molecular flexibility index (Phi) is 6.86. The van der Waals surface area contributed by atoms with Crippen molar-refractivity contribution < 1.29 is 31.8 Å². The monoisotopic (exact) mass is 665 g/mol. The summed E-state index contributed by atoms with van der Waals surface area (Å²) in [7, 11) is 0. The molecule has 12 heteroatoms. The van der Waals surface area contributed by atoms with E-state index in [1.807, 2.05) is 0 Å². The molecule has 4 unspecified atom stereocenters. The van der Waals surface area contributed by atoms with E-state index in [0.29, 0.717) is 30.8 Å². The molecular formula is C36H36F5N5O2. The Hall–Kier alpha value is -3.77. The van der Waals surface area contributed by atoms with E-state index < -0.39 is 23.4 Å². The summed E-state index contributed by atoms with van der Waals surface area (Å²) in [5, 5.41) is 14.6. The lowest BCUT2D eigenvalue weighted by molar-refractivity contribution is -0.0876. The van der Waals surface area contributed by atoms with Gasteiger partial charge in [-0.1, -0.05) is 12.1 Å². The quantitative estimate of drug-likeness (QED) is 0.208. The van der Waals surface area contributed by atoms with Crippen molar-refractivity contribution in [3.05, 3.63) is 53.8 Å². The van der Waals surface area contributed by atoms with Crippen LogP contribution in [0.2, 0.25) is 0 Å². The summed E-state index contributed by atoms with van der Waals surface area (Å²) in [5.41, 5.74) is -0.265. The topological polar surface area (TPSA) is 73.8 Å². The number of phenolic OH excluding ortho intramolecular Hbond substituents is 1. The van der Waals surface area contributed by atoms with E-state index in [-0.39, 0.29) is 88.2 Å². The van der Waals surface area contributed by atoms with Gasteiger partial charge in [0, 0.05) is 78.4 Å². The van der Waals surface area contributed by atoms with Crippen molar-refractivity contribution in [1.82, 2.24) is 20.2 Å². The van der Waals surface area contributed by atoms with Gasteiger partial charge in [0.15, 0.2) is 17.5 Å². The van der Waals surface area contributed by atoms with E-state index in [9.17, 15) is 18.3 Å². The lowest BCUT2D eigenvalue weighted by atomic mass is 9.95. The first-order chi connectivity index (χ1) is 23.0. The van der Waals surface area contributed by atoms with Crippen LogP contribution in [0.4, 0.5) is 27.8 Å². The molecule has 2 N–H and O–H groups in total. The van der Waals surface area contributed by atoms with Gasteiger partial charge < -0.3 is 20.1 Å². The molecule has 4 aliphatic heterocycles. The largest absolute Gasteiger partial charge is 0.508 e. The highest BCUT2D eigenvalue weighted by Gasteiger charge is 2.54. The molecule has 4 bridgehead atoms. The zero-order valence-electron chi connectivity index (χ0n) is 26.3. The number of hydrogen-bond donors (Lipinski definition) is 2. The summed E-state index contributed by atoms with van der Waals surface area (Å²) in [6, 6.07) is 8.35. The normalized spacial score (nSPS) is 27.2. The fraction of sp³-hybridized carbons (Fsp3) is 0.500. The number of aromatic hydroxyl groups is 1. The number of anilines is 1. The minimum absolute atomic E-state index is 0.00270. The van der Waals surface area contributed by atoms with E-state index in [4.69, 9.17) is 9.72 Å². The number of phenols is 1. The zero-order chi connectivity index (χ0) is 32.9. The average molecular weight is 666 g/mol. The maximum Gasteiger partial charge on any atom is 0.319 e. The Balaban J connectivity index is 1.09. The number of hydrogen-bond acceptors (Lipinski definition) is 7. The molecule has 4 atom stereocenters. The molecule has 5 fully saturated rings. The molecule has 7 nitrogen and oxygen atoms in total. The Morgan fingerprint density at radius 3 is 2.31 bits per heavy atom. The fourth-order valence-electron chi connectivity index (χ4n) is 8.82. The number of piperidine rings is 1. The molecule has 1 saturated carbocycles. The van der Waals surface area contributed by atoms with Crippen LogP contribution in [0.1, 0.15) is 51.4 Å². The maximum absolute atomic E-state index is 16.7. The van der Waals surface area contributed by atoms with Gasteiger partial charge in [-0.05, 0) is 73.7 Å². The fourth-order valence-corrected chi connectivity index (χ4v) is 8.82. The van der Waals surface area contributed by atoms with Crippen LogP contribution in [-0.4, -0.2) is 76.3 Å². The highest BCUT2D eigenvalue weighted by Crippen LogP contribution is 2.51. The summed E-state index contributed by atoms with van der Waals surface area (Å²) in [6.07, 6.45) is 5.23. The molecule has 0 spiro atoms. The summed E-state index contributed by atoms with van der Waals surface area (Å²) < 4.78 is 81.1. The maximum atomic E-state index is 16.7. The molecule has 4 aromatic rings. The van der Waals surface area contributed by atoms with Crippen molar-refractivity contribution in [1.29, 1.82) is 0 Å². The van der Waals surface area contributed by atoms with E-state index in [2.05, 4.69) is 20.1 Å². The standard InChI is InChI=1S/C36H36F5N5O2/c37-28-8-1-19-11-24(47)12-27(29(19)31(28)39)25-6-7-26-32(30(25)38)43-34(44-33(26)45-15-20-2-3-21(16-45)42-20)48-18-35(9-10-35)17-46-22-4-5-23(46)14-36(40,41)13-22/h1,6-8,11-12,20-23,42,47H,2-5,9-10,13-18H2. The van der Waals surface area contributed by atoms with Gasteiger partial charge in [-0.15, -0.1) is 0 Å². The second kappa shape index (κ2) is 10.9. The highest BCUT2D eigenvalue weighted by atomic mass is 19.3. The predicted molar refractivity (Wildman–Crippen MR) is 171 cm³/mol. The molecule has 3 aromatic carbocycles. The van der Waals surface area contributed by atoms with Crippen LogP contribution in [0.3, 0.4) is 0 Å². The summed E-state index contributed by atoms with van der Waals surface area (Å²) in [4.78, 5) is 13.8. The summed E-state index contributed by atoms with van der Waals surface area (Å²) in [6.45, 7) is 2.31. The Morgan fingerprint density at radius 2 is 1.60 bits per heavy atom. The van der Waals surface area contributed by atoms with Crippen molar-refractivity contribution in [2.45, 2.75) is 81.5 Å². The molecule has 1 aromatic heterocycles. The third-order valence-electron chi connectivity index (χ3n) is 11.4. The number of aromatic nitrogens is 2. The van der Waals surface area contributed by atoms with E-state index in [1.165, 1.54) is 24.3 Å². The van der Waals surface area contributed by atoms with Crippen molar-refractivity contribution in [3.8, 4) is 22.9 Å². The Bertz CT molecular complexity index is 1930. The average Bonchev–Trinajstić information content (AvgIpc) is 3.68. The second-order valence-electron chi connectivity index (χ2n) is 14.8. The number of piperazine rings is 1. The van der Waals surface area contributed by atoms with Crippen LogP contribution in [0.25, 0.3) is 32.8 Å². The molecule has 1 aliphatic carbocycles. The van der Waals surface area contributed by atoms with Crippen molar-refractivity contribution in [3.63, 3.8) is 0 Å². The Morgan fingerprint density at radius 1 is 0.875 bits per heavy atom. The van der Waals surface area contributed by atoms with Gasteiger partial charge in [-0.3, -0.25) is 4.90 Å². The number of nitrogens with zero attached hydrogens (tertiary/aromatic N) is 4. The smallest absolute Gasteiger partial charge is 0.319 e. The number of nitrogens with one attached hydrogen (secondary N) is 1.